The van der Waals surface area contributed by atoms with E-state index in [0.29, 0.717) is 18.9 Å². The van der Waals surface area contributed by atoms with E-state index in [1.165, 1.54) is 0 Å². The fourth-order valence-corrected chi connectivity index (χ4v) is 3.06. The number of hydrogen-bond donors (Lipinski definition) is 1. The van der Waals surface area contributed by atoms with Crippen molar-refractivity contribution < 1.29 is 14.6 Å². The number of phenols is 1. The zero-order chi connectivity index (χ0) is 13.0. The third-order valence-electron chi connectivity index (χ3n) is 2.67. The average Bonchev–Trinajstić information content (AvgIpc) is 2.85. The predicted molar refractivity (Wildman–Crippen MR) is 72.3 cm³/mol. The van der Waals surface area contributed by atoms with Crippen molar-refractivity contribution in [2.24, 2.45) is 0 Å². The highest BCUT2D eigenvalue weighted by Gasteiger charge is 2.29. The quantitative estimate of drug-likeness (QED) is 0.860. The molecule has 98 valence electrons. The van der Waals surface area contributed by atoms with Crippen molar-refractivity contribution >= 4 is 29.3 Å². The van der Waals surface area contributed by atoms with Crippen LogP contribution < -0.4 is 4.74 Å². The molecular formula is C12H14ClNO3S. The Hall–Kier alpha value is -1.07. The second kappa shape index (κ2) is 6.20. The zero-order valence-corrected chi connectivity index (χ0v) is 11.3. The smallest absolute Gasteiger partial charge is 0.238 e. The van der Waals surface area contributed by atoms with Gasteiger partial charge in [-0.25, -0.2) is 0 Å². The van der Waals surface area contributed by atoms with Crippen molar-refractivity contribution in [3.63, 3.8) is 0 Å². The number of halogens is 1. The van der Waals surface area contributed by atoms with Gasteiger partial charge in [-0.05, 0) is 12.1 Å². The highest BCUT2D eigenvalue weighted by molar-refractivity contribution is 8.00. The number of nitrogens with zero attached hydrogens (tertiary/aromatic N) is 1. The van der Waals surface area contributed by atoms with Gasteiger partial charge in [-0.15, -0.1) is 23.4 Å². The number of phenolic OH excluding ortho intramolecular Hbond substituents is 1. The molecule has 0 saturated carbocycles. The van der Waals surface area contributed by atoms with Gasteiger partial charge >= 0.3 is 0 Å². The molecule has 4 nitrogen and oxygen atoms in total. The van der Waals surface area contributed by atoms with Crippen LogP contribution in [0.15, 0.2) is 24.3 Å². The Bertz CT molecular complexity index is 430. The van der Waals surface area contributed by atoms with E-state index in [-0.39, 0.29) is 22.9 Å². The molecule has 1 fully saturated rings. The van der Waals surface area contributed by atoms with Gasteiger partial charge in [0.05, 0.1) is 0 Å². The standard InChI is InChI=1S/C12H14ClNO3S/c13-7-11(16)14-5-6-18-12(14)8-17-10-4-2-1-3-9(10)15/h1-4,12,15H,5-8H2. The molecule has 1 saturated heterocycles. The van der Waals surface area contributed by atoms with Gasteiger partial charge in [0.2, 0.25) is 5.91 Å². The minimum Gasteiger partial charge on any atom is -0.504 e. The van der Waals surface area contributed by atoms with E-state index in [2.05, 4.69) is 0 Å². The van der Waals surface area contributed by atoms with Gasteiger partial charge in [0.15, 0.2) is 11.5 Å². The van der Waals surface area contributed by atoms with Crippen molar-refractivity contribution in [2.45, 2.75) is 5.37 Å². The van der Waals surface area contributed by atoms with Gasteiger partial charge in [0, 0.05) is 12.3 Å². The number of carbonyl (C=O) groups excluding carboxylic acids is 1. The van der Waals surface area contributed by atoms with Gasteiger partial charge in [-0.2, -0.15) is 0 Å². The maximum Gasteiger partial charge on any atom is 0.238 e. The zero-order valence-electron chi connectivity index (χ0n) is 9.71. The van der Waals surface area contributed by atoms with Crippen LogP contribution in [0.25, 0.3) is 0 Å². The number of benzene rings is 1. The molecule has 1 atom stereocenters. The first-order valence-corrected chi connectivity index (χ1v) is 7.18. The number of alkyl halides is 1. The minimum absolute atomic E-state index is 0.00630. The summed E-state index contributed by atoms with van der Waals surface area (Å²) >= 11 is 7.22. The van der Waals surface area contributed by atoms with Gasteiger partial charge in [0.1, 0.15) is 17.9 Å². The van der Waals surface area contributed by atoms with E-state index >= 15 is 0 Å². The van der Waals surface area contributed by atoms with Crippen molar-refractivity contribution in [1.29, 1.82) is 0 Å². The first kappa shape index (κ1) is 13.4. The fraction of sp³-hybridized carbons (Fsp3) is 0.417. The van der Waals surface area contributed by atoms with Crippen LogP contribution in [-0.2, 0) is 4.79 Å². The number of amides is 1. The van der Waals surface area contributed by atoms with Gasteiger partial charge < -0.3 is 14.7 Å². The molecule has 0 aromatic heterocycles. The van der Waals surface area contributed by atoms with E-state index in [1.807, 2.05) is 0 Å². The predicted octanol–water partition coefficient (Wildman–Crippen LogP) is 1.91. The van der Waals surface area contributed by atoms with Crippen molar-refractivity contribution in [1.82, 2.24) is 4.90 Å². The molecule has 1 heterocycles. The molecule has 6 heteroatoms. The minimum atomic E-state index is -0.0763. The third kappa shape index (κ3) is 3.03. The Balaban J connectivity index is 1.94. The molecule has 0 radical (unpaired) electrons. The Morgan fingerprint density at radius 1 is 1.56 bits per heavy atom. The fourth-order valence-electron chi connectivity index (χ4n) is 1.76. The molecule has 1 amide bonds. The number of aromatic hydroxyl groups is 1. The van der Waals surface area contributed by atoms with E-state index in [0.717, 1.165) is 5.75 Å². The summed E-state index contributed by atoms with van der Waals surface area (Å²) in [4.78, 5) is 13.3. The average molecular weight is 288 g/mol. The molecular weight excluding hydrogens is 274 g/mol. The van der Waals surface area contributed by atoms with Crippen LogP contribution >= 0.6 is 23.4 Å². The van der Waals surface area contributed by atoms with E-state index in [9.17, 15) is 9.90 Å². The van der Waals surface area contributed by atoms with E-state index < -0.39 is 0 Å². The Morgan fingerprint density at radius 3 is 3.06 bits per heavy atom. The number of rotatable bonds is 4. The molecule has 18 heavy (non-hydrogen) atoms. The Labute approximate surface area is 115 Å². The Morgan fingerprint density at radius 2 is 2.33 bits per heavy atom. The molecule has 1 aromatic rings. The first-order valence-electron chi connectivity index (χ1n) is 5.60. The number of para-hydroxylation sites is 2. The molecule has 1 unspecified atom stereocenters. The Kier molecular flexibility index (Phi) is 4.60. The summed E-state index contributed by atoms with van der Waals surface area (Å²) in [6.45, 7) is 1.05. The van der Waals surface area contributed by atoms with Crippen LogP contribution in [0.2, 0.25) is 0 Å². The summed E-state index contributed by atoms with van der Waals surface area (Å²) < 4.78 is 5.54. The maximum atomic E-state index is 11.6. The first-order chi connectivity index (χ1) is 8.72. The van der Waals surface area contributed by atoms with Crippen LogP contribution in [0.4, 0.5) is 0 Å². The maximum absolute atomic E-state index is 11.6. The molecule has 0 spiro atoms. The van der Waals surface area contributed by atoms with Crippen LogP contribution in [-0.4, -0.2) is 46.1 Å². The number of ether oxygens (including phenoxy) is 1. The largest absolute Gasteiger partial charge is 0.504 e. The van der Waals surface area contributed by atoms with Crippen molar-refractivity contribution in [3.8, 4) is 11.5 Å². The van der Waals surface area contributed by atoms with Gasteiger partial charge in [0.25, 0.3) is 0 Å². The molecule has 0 aliphatic carbocycles. The molecule has 1 aliphatic rings. The van der Waals surface area contributed by atoms with Crippen LogP contribution in [0, 0.1) is 0 Å². The lowest BCUT2D eigenvalue weighted by Gasteiger charge is -2.23. The van der Waals surface area contributed by atoms with Gasteiger partial charge in [-0.1, -0.05) is 12.1 Å². The molecule has 1 N–H and O–H groups in total. The van der Waals surface area contributed by atoms with Gasteiger partial charge in [-0.3, -0.25) is 4.79 Å². The topological polar surface area (TPSA) is 49.8 Å². The van der Waals surface area contributed by atoms with Crippen LogP contribution in [0.1, 0.15) is 0 Å². The van der Waals surface area contributed by atoms with E-state index in [4.69, 9.17) is 16.3 Å². The molecule has 2 rings (SSSR count). The van der Waals surface area contributed by atoms with E-state index in [1.54, 1.807) is 40.9 Å². The summed E-state index contributed by atoms with van der Waals surface area (Å²) in [5, 5.41) is 9.54. The molecule has 1 aromatic carbocycles. The third-order valence-corrected chi connectivity index (χ3v) is 4.09. The summed E-state index contributed by atoms with van der Waals surface area (Å²) in [5.74, 6) is 1.34. The summed E-state index contributed by atoms with van der Waals surface area (Å²) in [6.07, 6.45) is 0. The number of carbonyl (C=O) groups is 1. The SMILES string of the molecule is O=C(CCl)N1CCSC1COc1ccccc1O. The number of thioether (sulfide) groups is 1. The monoisotopic (exact) mass is 287 g/mol. The molecule has 1 aliphatic heterocycles. The summed E-state index contributed by atoms with van der Waals surface area (Å²) in [5.41, 5.74) is 0. The van der Waals surface area contributed by atoms with Crippen LogP contribution in [0.3, 0.4) is 0 Å². The normalized spacial score (nSPS) is 18.9. The lowest BCUT2D eigenvalue weighted by atomic mass is 10.3. The second-order valence-electron chi connectivity index (χ2n) is 3.82. The lowest BCUT2D eigenvalue weighted by molar-refractivity contribution is -0.128. The highest BCUT2D eigenvalue weighted by Crippen LogP contribution is 2.28. The molecule has 0 bridgehead atoms. The number of hydrogen-bond acceptors (Lipinski definition) is 4. The summed E-state index contributed by atoms with van der Waals surface area (Å²) in [6, 6.07) is 6.79. The van der Waals surface area contributed by atoms with Crippen LogP contribution in [0.5, 0.6) is 11.5 Å². The highest BCUT2D eigenvalue weighted by atomic mass is 35.5. The van der Waals surface area contributed by atoms with Crippen molar-refractivity contribution in [2.75, 3.05) is 24.8 Å². The summed E-state index contributed by atoms with van der Waals surface area (Å²) in [7, 11) is 0. The van der Waals surface area contributed by atoms with Crippen molar-refractivity contribution in [3.05, 3.63) is 24.3 Å². The lowest BCUT2D eigenvalue weighted by Crippen LogP contribution is -2.38. The second-order valence-corrected chi connectivity index (χ2v) is 5.38.